The van der Waals surface area contributed by atoms with Gasteiger partial charge in [-0.2, -0.15) is 0 Å². The number of carbonyl (C=O) groups is 1. The minimum absolute atomic E-state index is 0.241. The second kappa shape index (κ2) is 5.83. The quantitative estimate of drug-likeness (QED) is 0.575. The van der Waals surface area contributed by atoms with Crippen LogP contribution in [0.4, 0.5) is 4.39 Å². The molecule has 0 bridgehead atoms. The summed E-state index contributed by atoms with van der Waals surface area (Å²) in [6, 6.07) is 5.88. The summed E-state index contributed by atoms with van der Waals surface area (Å²) in [4.78, 5) is 15.5. The van der Waals surface area contributed by atoms with Gasteiger partial charge in [-0.25, -0.2) is 14.2 Å². The van der Waals surface area contributed by atoms with E-state index in [9.17, 15) is 9.18 Å². The van der Waals surface area contributed by atoms with E-state index >= 15 is 0 Å². The second-order valence-corrected chi connectivity index (χ2v) is 5.24. The molecule has 2 aromatic rings. The lowest BCUT2D eigenvalue weighted by Gasteiger charge is -2.07. The van der Waals surface area contributed by atoms with Crippen molar-refractivity contribution in [2.45, 2.75) is 0 Å². The van der Waals surface area contributed by atoms with Gasteiger partial charge in [0.15, 0.2) is 5.69 Å². The van der Waals surface area contributed by atoms with Crippen LogP contribution in [0.25, 0.3) is 11.1 Å². The molecule has 0 aliphatic heterocycles. The molecule has 98 valence electrons. The maximum absolute atomic E-state index is 13.0. The van der Waals surface area contributed by atoms with Crippen molar-refractivity contribution >= 4 is 40.2 Å². The second-order valence-electron chi connectivity index (χ2n) is 3.67. The van der Waals surface area contributed by atoms with Gasteiger partial charge in [-0.15, -0.1) is 0 Å². The Bertz CT molecular complexity index is 649. The summed E-state index contributed by atoms with van der Waals surface area (Å²) in [5.74, 6) is -0.899. The molecule has 0 unspecified atom stereocenters. The van der Waals surface area contributed by atoms with Gasteiger partial charge in [0.2, 0.25) is 0 Å². The van der Waals surface area contributed by atoms with E-state index in [-0.39, 0.29) is 5.69 Å². The SMILES string of the molecule is COC(=O)c1ncc(-c2ccc(F)cc2Cl)cc1I. The highest BCUT2D eigenvalue weighted by molar-refractivity contribution is 14.1. The number of methoxy groups -OCH3 is 1. The molecule has 0 saturated carbocycles. The summed E-state index contributed by atoms with van der Waals surface area (Å²) >= 11 is 7.97. The number of hydrogen-bond donors (Lipinski definition) is 0. The van der Waals surface area contributed by atoms with Crippen LogP contribution in [-0.4, -0.2) is 18.1 Å². The summed E-state index contributed by atoms with van der Waals surface area (Å²) < 4.78 is 18.3. The number of nitrogens with zero attached hydrogens (tertiary/aromatic N) is 1. The molecule has 3 nitrogen and oxygen atoms in total. The number of aromatic nitrogens is 1. The predicted molar refractivity (Wildman–Crippen MR) is 78.7 cm³/mol. The molecule has 0 N–H and O–H groups in total. The van der Waals surface area contributed by atoms with Gasteiger partial charge in [-0.05, 0) is 46.9 Å². The van der Waals surface area contributed by atoms with E-state index < -0.39 is 11.8 Å². The van der Waals surface area contributed by atoms with Crippen molar-refractivity contribution in [3.05, 3.63) is 50.6 Å². The van der Waals surface area contributed by atoms with Gasteiger partial charge in [-0.1, -0.05) is 11.6 Å². The van der Waals surface area contributed by atoms with Crippen molar-refractivity contribution in [1.82, 2.24) is 4.98 Å². The number of rotatable bonds is 2. The summed E-state index contributed by atoms with van der Waals surface area (Å²) in [7, 11) is 1.30. The number of hydrogen-bond acceptors (Lipinski definition) is 3. The van der Waals surface area contributed by atoms with E-state index in [4.69, 9.17) is 11.6 Å². The Labute approximate surface area is 127 Å². The van der Waals surface area contributed by atoms with Gasteiger partial charge in [-0.3, -0.25) is 0 Å². The van der Waals surface area contributed by atoms with Gasteiger partial charge in [0.05, 0.1) is 12.1 Å². The van der Waals surface area contributed by atoms with Crippen molar-refractivity contribution in [2.75, 3.05) is 7.11 Å². The first kappa shape index (κ1) is 14.2. The molecule has 0 atom stereocenters. The average Bonchev–Trinajstić information content (AvgIpc) is 2.37. The number of ether oxygens (including phenoxy) is 1. The maximum atomic E-state index is 13.0. The smallest absolute Gasteiger partial charge is 0.357 e. The Balaban J connectivity index is 2.47. The average molecular weight is 392 g/mol. The van der Waals surface area contributed by atoms with Crippen molar-refractivity contribution in [1.29, 1.82) is 0 Å². The standard InChI is InChI=1S/C13H8ClFINO2/c1-19-13(18)12-11(16)4-7(6-17-12)9-3-2-8(15)5-10(9)14/h2-6H,1H3. The number of benzene rings is 1. The molecule has 1 aromatic heterocycles. The van der Waals surface area contributed by atoms with Gasteiger partial charge in [0.1, 0.15) is 5.82 Å². The first-order chi connectivity index (χ1) is 9.02. The first-order valence-corrected chi connectivity index (χ1v) is 6.68. The van der Waals surface area contributed by atoms with Crippen LogP contribution >= 0.6 is 34.2 Å². The van der Waals surface area contributed by atoms with Crippen LogP contribution in [0.15, 0.2) is 30.5 Å². The molecule has 1 heterocycles. The highest BCUT2D eigenvalue weighted by Gasteiger charge is 2.14. The Hall–Kier alpha value is -1.21. The van der Waals surface area contributed by atoms with E-state index in [0.29, 0.717) is 19.7 Å². The topological polar surface area (TPSA) is 39.2 Å². The van der Waals surface area contributed by atoms with Gasteiger partial charge in [0.25, 0.3) is 0 Å². The van der Waals surface area contributed by atoms with E-state index in [1.807, 2.05) is 22.6 Å². The molecular formula is C13H8ClFINO2. The number of carbonyl (C=O) groups excluding carboxylic acids is 1. The van der Waals surface area contributed by atoms with E-state index in [1.54, 1.807) is 12.1 Å². The molecule has 0 saturated heterocycles. The lowest BCUT2D eigenvalue weighted by Crippen LogP contribution is -2.06. The highest BCUT2D eigenvalue weighted by Crippen LogP contribution is 2.29. The normalized spacial score (nSPS) is 10.3. The molecule has 0 radical (unpaired) electrons. The highest BCUT2D eigenvalue weighted by atomic mass is 127. The van der Waals surface area contributed by atoms with Crippen LogP contribution in [0.1, 0.15) is 10.5 Å². The minimum atomic E-state index is -0.499. The molecule has 1 aromatic carbocycles. The zero-order valence-electron chi connectivity index (χ0n) is 9.78. The lowest BCUT2D eigenvalue weighted by molar-refractivity contribution is 0.0593. The fourth-order valence-electron chi connectivity index (χ4n) is 1.56. The van der Waals surface area contributed by atoms with Crippen molar-refractivity contribution in [3.63, 3.8) is 0 Å². The van der Waals surface area contributed by atoms with E-state index in [1.165, 1.54) is 25.4 Å². The number of pyridine rings is 1. The summed E-state index contributed by atoms with van der Waals surface area (Å²) in [6.07, 6.45) is 1.51. The van der Waals surface area contributed by atoms with Crippen LogP contribution in [0.3, 0.4) is 0 Å². The van der Waals surface area contributed by atoms with Crippen molar-refractivity contribution < 1.29 is 13.9 Å². The van der Waals surface area contributed by atoms with Crippen LogP contribution in [0, 0.1) is 9.39 Å². The van der Waals surface area contributed by atoms with E-state index in [2.05, 4.69) is 9.72 Å². The van der Waals surface area contributed by atoms with Crippen LogP contribution < -0.4 is 0 Å². The molecule has 19 heavy (non-hydrogen) atoms. The molecule has 0 aliphatic carbocycles. The Morgan fingerprint density at radius 1 is 1.42 bits per heavy atom. The Kier molecular flexibility index (Phi) is 4.36. The molecule has 0 fully saturated rings. The number of esters is 1. The fourth-order valence-corrected chi connectivity index (χ4v) is 2.53. The summed E-state index contributed by atoms with van der Waals surface area (Å²) in [6.45, 7) is 0. The Morgan fingerprint density at radius 2 is 2.16 bits per heavy atom. The fraction of sp³-hybridized carbons (Fsp3) is 0.0769. The van der Waals surface area contributed by atoms with Crippen LogP contribution in [0.5, 0.6) is 0 Å². The minimum Gasteiger partial charge on any atom is -0.464 e. The molecule has 0 spiro atoms. The molecule has 6 heteroatoms. The monoisotopic (exact) mass is 391 g/mol. The largest absolute Gasteiger partial charge is 0.464 e. The zero-order chi connectivity index (χ0) is 14.0. The van der Waals surface area contributed by atoms with Crippen molar-refractivity contribution in [2.24, 2.45) is 0 Å². The molecular weight excluding hydrogens is 384 g/mol. The van der Waals surface area contributed by atoms with Gasteiger partial charge >= 0.3 is 5.97 Å². The van der Waals surface area contributed by atoms with Crippen LogP contribution in [-0.2, 0) is 4.74 Å². The summed E-state index contributed by atoms with van der Waals surface area (Å²) in [5, 5.41) is 0.295. The number of halogens is 3. The summed E-state index contributed by atoms with van der Waals surface area (Å²) in [5.41, 5.74) is 1.61. The van der Waals surface area contributed by atoms with Gasteiger partial charge in [0, 0.05) is 20.9 Å². The first-order valence-electron chi connectivity index (χ1n) is 5.22. The third-order valence-electron chi connectivity index (χ3n) is 2.46. The molecule has 0 amide bonds. The third-order valence-corrected chi connectivity index (χ3v) is 3.60. The molecule has 0 aliphatic rings. The zero-order valence-corrected chi connectivity index (χ0v) is 12.7. The van der Waals surface area contributed by atoms with Gasteiger partial charge < -0.3 is 4.74 Å². The maximum Gasteiger partial charge on any atom is 0.357 e. The van der Waals surface area contributed by atoms with E-state index in [0.717, 1.165) is 0 Å². The third kappa shape index (κ3) is 3.03. The lowest BCUT2D eigenvalue weighted by atomic mass is 10.1. The Morgan fingerprint density at radius 3 is 2.74 bits per heavy atom. The van der Waals surface area contributed by atoms with Crippen LogP contribution in [0.2, 0.25) is 5.02 Å². The predicted octanol–water partition coefficient (Wildman–Crippen LogP) is 3.93. The van der Waals surface area contributed by atoms with Crippen molar-refractivity contribution in [3.8, 4) is 11.1 Å². The molecule has 2 rings (SSSR count).